The van der Waals surface area contributed by atoms with Gasteiger partial charge in [-0.1, -0.05) is 6.07 Å². The fourth-order valence-corrected chi connectivity index (χ4v) is 2.57. The van der Waals surface area contributed by atoms with Crippen molar-refractivity contribution in [1.82, 2.24) is 10.2 Å². The molecule has 1 heterocycles. The van der Waals surface area contributed by atoms with Crippen LogP contribution in [0.4, 0.5) is 13.6 Å². The van der Waals surface area contributed by atoms with E-state index in [0.29, 0.717) is 37.7 Å². The second-order valence-electron chi connectivity index (χ2n) is 6.95. The van der Waals surface area contributed by atoms with Crippen molar-refractivity contribution in [2.75, 3.05) is 19.6 Å². The SMILES string of the molecule is CC(C)(C)OC(=O)N1CCC(CNCc2ccc(F)cc2F)C1. The lowest BCUT2D eigenvalue weighted by Gasteiger charge is -2.24. The van der Waals surface area contributed by atoms with E-state index in [1.165, 1.54) is 12.1 Å². The maximum Gasteiger partial charge on any atom is 0.410 e. The number of hydrogen-bond donors (Lipinski definition) is 1. The summed E-state index contributed by atoms with van der Waals surface area (Å²) in [6.45, 7) is 7.86. The Balaban J connectivity index is 1.74. The lowest BCUT2D eigenvalue weighted by molar-refractivity contribution is 0.0288. The van der Waals surface area contributed by atoms with Crippen LogP contribution in [0.1, 0.15) is 32.8 Å². The van der Waals surface area contributed by atoms with Crippen molar-refractivity contribution < 1.29 is 18.3 Å². The average molecular weight is 326 g/mol. The number of carbonyl (C=O) groups excluding carboxylic acids is 1. The van der Waals surface area contributed by atoms with Crippen molar-refractivity contribution in [3.63, 3.8) is 0 Å². The van der Waals surface area contributed by atoms with Gasteiger partial charge in [-0.3, -0.25) is 0 Å². The molecule has 1 aromatic carbocycles. The number of ether oxygens (including phenoxy) is 1. The van der Waals surface area contributed by atoms with E-state index in [1.54, 1.807) is 4.90 Å². The van der Waals surface area contributed by atoms with Gasteiger partial charge in [0.15, 0.2) is 0 Å². The molecule has 2 rings (SSSR count). The molecule has 1 unspecified atom stereocenters. The van der Waals surface area contributed by atoms with E-state index in [-0.39, 0.29) is 6.09 Å². The average Bonchev–Trinajstić information content (AvgIpc) is 2.88. The Hall–Kier alpha value is -1.69. The molecule has 128 valence electrons. The third-order valence-electron chi connectivity index (χ3n) is 3.70. The first-order valence-electron chi connectivity index (χ1n) is 7.87. The Bertz CT molecular complexity index is 558. The van der Waals surface area contributed by atoms with Crippen molar-refractivity contribution >= 4 is 6.09 Å². The molecule has 1 fully saturated rings. The zero-order chi connectivity index (χ0) is 17.0. The third-order valence-corrected chi connectivity index (χ3v) is 3.70. The number of nitrogens with zero attached hydrogens (tertiary/aromatic N) is 1. The van der Waals surface area contributed by atoms with Crippen LogP contribution >= 0.6 is 0 Å². The van der Waals surface area contributed by atoms with Crippen molar-refractivity contribution in [1.29, 1.82) is 0 Å². The number of amides is 1. The summed E-state index contributed by atoms with van der Waals surface area (Å²) in [6, 6.07) is 3.58. The largest absolute Gasteiger partial charge is 0.444 e. The van der Waals surface area contributed by atoms with Crippen LogP contribution in [0.3, 0.4) is 0 Å². The fourth-order valence-electron chi connectivity index (χ4n) is 2.57. The molecule has 4 nitrogen and oxygen atoms in total. The van der Waals surface area contributed by atoms with Crippen LogP contribution in [-0.2, 0) is 11.3 Å². The normalized spacial score (nSPS) is 18.3. The quantitative estimate of drug-likeness (QED) is 0.923. The van der Waals surface area contributed by atoms with Crippen LogP contribution in [0.5, 0.6) is 0 Å². The van der Waals surface area contributed by atoms with Gasteiger partial charge in [0.2, 0.25) is 0 Å². The summed E-state index contributed by atoms with van der Waals surface area (Å²) in [4.78, 5) is 13.7. The molecule has 0 aromatic heterocycles. The molecule has 0 radical (unpaired) electrons. The molecule has 1 aliphatic heterocycles. The van der Waals surface area contributed by atoms with Gasteiger partial charge in [0, 0.05) is 37.8 Å². The van der Waals surface area contributed by atoms with E-state index in [2.05, 4.69) is 5.32 Å². The number of likely N-dealkylation sites (tertiary alicyclic amines) is 1. The fraction of sp³-hybridized carbons (Fsp3) is 0.588. The van der Waals surface area contributed by atoms with Gasteiger partial charge in [0.25, 0.3) is 0 Å². The van der Waals surface area contributed by atoms with Crippen LogP contribution in [0.15, 0.2) is 18.2 Å². The molecule has 1 atom stereocenters. The molecule has 1 saturated heterocycles. The molecular weight excluding hydrogens is 302 g/mol. The first kappa shape index (κ1) is 17.7. The molecule has 1 aromatic rings. The number of rotatable bonds is 4. The van der Waals surface area contributed by atoms with E-state index < -0.39 is 17.2 Å². The second-order valence-corrected chi connectivity index (χ2v) is 6.95. The predicted molar refractivity (Wildman–Crippen MR) is 84.0 cm³/mol. The van der Waals surface area contributed by atoms with Crippen LogP contribution in [-0.4, -0.2) is 36.2 Å². The third kappa shape index (κ3) is 5.46. The number of halogens is 2. The number of carbonyl (C=O) groups is 1. The molecule has 0 bridgehead atoms. The molecule has 6 heteroatoms. The van der Waals surface area contributed by atoms with Crippen molar-refractivity contribution in [3.8, 4) is 0 Å². The lowest BCUT2D eigenvalue weighted by atomic mass is 10.1. The molecule has 1 N–H and O–H groups in total. The van der Waals surface area contributed by atoms with Crippen LogP contribution in [0.2, 0.25) is 0 Å². The Labute approximate surface area is 135 Å². The maximum absolute atomic E-state index is 13.5. The Morgan fingerprint density at radius 1 is 1.39 bits per heavy atom. The highest BCUT2D eigenvalue weighted by Gasteiger charge is 2.29. The molecule has 23 heavy (non-hydrogen) atoms. The summed E-state index contributed by atoms with van der Waals surface area (Å²) >= 11 is 0. The summed E-state index contributed by atoms with van der Waals surface area (Å²) in [5.74, 6) is -0.805. The van der Waals surface area contributed by atoms with Crippen molar-refractivity contribution in [2.24, 2.45) is 5.92 Å². The summed E-state index contributed by atoms with van der Waals surface area (Å²) in [5.41, 5.74) is -0.0542. The molecule has 1 aliphatic rings. The highest BCUT2D eigenvalue weighted by molar-refractivity contribution is 5.68. The number of nitrogens with one attached hydrogen (secondary N) is 1. The number of hydrogen-bond acceptors (Lipinski definition) is 3. The topological polar surface area (TPSA) is 41.6 Å². The van der Waals surface area contributed by atoms with Gasteiger partial charge in [-0.05, 0) is 39.2 Å². The Morgan fingerprint density at radius 2 is 2.13 bits per heavy atom. The number of benzene rings is 1. The van der Waals surface area contributed by atoms with E-state index in [9.17, 15) is 13.6 Å². The van der Waals surface area contributed by atoms with Crippen LogP contribution in [0, 0.1) is 17.6 Å². The van der Waals surface area contributed by atoms with Crippen LogP contribution in [0.25, 0.3) is 0 Å². The lowest BCUT2D eigenvalue weighted by Crippen LogP contribution is -2.36. The minimum Gasteiger partial charge on any atom is -0.444 e. The molecule has 1 amide bonds. The van der Waals surface area contributed by atoms with E-state index in [4.69, 9.17) is 4.74 Å². The second kappa shape index (κ2) is 7.25. The summed E-state index contributed by atoms with van der Waals surface area (Å²) in [6.07, 6.45) is 0.600. The Morgan fingerprint density at radius 3 is 2.78 bits per heavy atom. The van der Waals surface area contributed by atoms with E-state index in [1.807, 2.05) is 20.8 Å². The monoisotopic (exact) mass is 326 g/mol. The van der Waals surface area contributed by atoms with E-state index >= 15 is 0 Å². The summed E-state index contributed by atoms with van der Waals surface area (Å²) in [5, 5.41) is 3.17. The highest BCUT2D eigenvalue weighted by atomic mass is 19.1. The highest BCUT2D eigenvalue weighted by Crippen LogP contribution is 2.19. The predicted octanol–water partition coefficient (Wildman–Crippen LogP) is 3.31. The zero-order valence-corrected chi connectivity index (χ0v) is 13.9. The van der Waals surface area contributed by atoms with Crippen LogP contribution < -0.4 is 5.32 Å². The minimum absolute atomic E-state index is 0.287. The Kier molecular flexibility index (Phi) is 5.57. The first-order valence-corrected chi connectivity index (χ1v) is 7.87. The molecular formula is C17H24F2N2O2. The van der Waals surface area contributed by atoms with E-state index in [0.717, 1.165) is 12.5 Å². The first-order chi connectivity index (χ1) is 10.7. The smallest absolute Gasteiger partial charge is 0.410 e. The van der Waals surface area contributed by atoms with Gasteiger partial charge >= 0.3 is 6.09 Å². The van der Waals surface area contributed by atoms with Crippen molar-refractivity contribution in [3.05, 3.63) is 35.4 Å². The maximum atomic E-state index is 13.5. The van der Waals surface area contributed by atoms with Gasteiger partial charge in [0.1, 0.15) is 17.2 Å². The molecule has 0 saturated carbocycles. The summed E-state index contributed by atoms with van der Waals surface area (Å²) < 4.78 is 31.7. The van der Waals surface area contributed by atoms with Gasteiger partial charge < -0.3 is 15.0 Å². The van der Waals surface area contributed by atoms with Gasteiger partial charge in [-0.25, -0.2) is 13.6 Å². The molecule has 0 spiro atoms. The van der Waals surface area contributed by atoms with Gasteiger partial charge in [0.05, 0.1) is 0 Å². The van der Waals surface area contributed by atoms with Gasteiger partial charge in [-0.15, -0.1) is 0 Å². The molecule has 0 aliphatic carbocycles. The minimum atomic E-state index is -0.574. The zero-order valence-electron chi connectivity index (χ0n) is 13.9. The summed E-state index contributed by atoms with van der Waals surface area (Å²) in [7, 11) is 0. The van der Waals surface area contributed by atoms with Gasteiger partial charge in [-0.2, -0.15) is 0 Å². The standard InChI is InChI=1S/C17H24F2N2O2/c1-17(2,3)23-16(22)21-7-6-12(11-21)9-20-10-13-4-5-14(18)8-15(13)19/h4-5,8,12,20H,6-7,9-11H2,1-3H3. The van der Waals surface area contributed by atoms with Crippen molar-refractivity contribution in [2.45, 2.75) is 39.3 Å².